The van der Waals surface area contributed by atoms with Crippen LogP contribution >= 0.6 is 0 Å². The lowest BCUT2D eigenvalue weighted by molar-refractivity contribution is 0.417. The Bertz CT molecular complexity index is 598. The number of para-hydroxylation sites is 2. The second-order valence-corrected chi connectivity index (χ2v) is 5.01. The van der Waals surface area contributed by atoms with E-state index < -0.39 is 0 Å². The molecule has 0 amide bonds. The standard InChI is InChI=1S/C15H19N5O/c1-21-13-8-4-3-7-12(13)17-14-11-16-19-15(18-14)20-9-5-2-6-10-20/h3-4,7-8,11H,2,5-6,9-10H2,1H3,(H,17,18,19). The van der Waals surface area contributed by atoms with Gasteiger partial charge in [-0.3, -0.25) is 0 Å². The van der Waals surface area contributed by atoms with Crippen LogP contribution in [-0.2, 0) is 0 Å². The number of hydrogen-bond donors (Lipinski definition) is 1. The van der Waals surface area contributed by atoms with Crippen LogP contribution in [0.5, 0.6) is 5.75 Å². The highest BCUT2D eigenvalue weighted by atomic mass is 16.5. The van der Waals surface area contributed by atoms with Crippen molar-refractivity contribution in [2.24, 2.45) is 0 Å². The Morgan fingerprint density at radius 2 is 1.95 bits per heavy atom. The van der Waals surface area contributed by atoms with Gasteiger partial charge >= 0.3 is 0 Å². The number of nitrogens with zero attached hydrogens (tertiary/aromatic N) is 4. The Labute approximate surface area is 124 Å². The number of aromatic nitrogens is 3. The van der Waals surface area contributed by atoms with Crippen LogP contribution in [0.25, 0.3) is 0 Å². The van der Waals surface area contributed by atoms with Crippen LogP contribution in [0.15, 0.2) is 30.5 Å². The molecular formula is C15H19N5O. The smallest absolute Gasteiger partial charge is 0.247 e. The van der Waals surface area contributed by atoms with Crippen molar-refractivity contribution in [1.82, 2.24) is 15.2 Å². The zero-order valence-corrected chi connectivity index (χ0v) is 12.1. The van der Waals surface area contributed by atoms with E-state index in [0.29, 0.717) is 11.8 Å². The number of hydrogen-bond acceptors (Lipinski definition) is 6. The van der Waals surface area contributed by atoms with Crippen LogP contribution in [0.1, 0.15) is 19.3 Å². The summed E-state index contributed by atoms with van der Waals surface area (Å²) in [5.74, 6) is 2.14. The van der Waals surface area contributed by atoms with Crippen LogP contribution in [0, 0.1) is 0 Å². The molecule has 6 heteroatoms. The molecule has 1 aromatic heterocycles. The molecule has 0 atom stereocenters. The number of piperidine rings is 1. The Hall–Kier alpha value is -2.37. The van der Waals surface area contributed by atoms with Gasteiger partial charge in [0.2, 0.25) is 5.95 Å². The molecule has 0 unspecified atom stereocenters. The van der Waals surface area contributed by atoms with Crippen molar-refractivity contribution < 1.29 is 4.74 Å². The van der Waals surface area contributed by atoms with Gasteiger partial charge in [0.05, 0.1) is 19.0 Å². The quantitative estimate of drug-likeness (QED) is 0.931. The van der Waals surface area contributed by atoms with E-state index in [9.17, 15) is 0 Å². The monoisotopic (exact) mass is 285 g/mol. The molecule has 3 rings (SSSR count). The summed E-state index contributed by atoms with van der Waals surface area (Å²) in [6.07, 6.45) is 5.28. The van der Waals surface area contributed by atoms with Crippen LogP contribution in [0.2, 0.25) is 0 Å². The first kappa shape index (κ1) is 13.6. The van der Waals surface area contributed by atoms with Gasteiger partial charge in [-0.05, 0) is 31.4 Å². The summed E-state index contributed by atoms with van der Waals surface area (Å²) in [6.45, 7) is 2.00. The summed E-state index contributed by atoms with van der Waals surface area (Å²) in [4.78, 5) is 6.74. The van der Waals surface area contributed by atoms with Crippen molar-refractivity contribution in [2.75, 3.05) is 30.4 Å². The van der Waals surface area contributed by atoms with Crippen molar-refractivity contribution in [3.05, 3.63) is 30.5 Å². The predicted octanol–water partition coefficient (Wildman–Crippen LogP) is 2.61. The Balaban J connectivity index is 1.79. The van der Waals surface area contributed by atoms with Crippen molar-refractivity contribution in [1.29, 1.82) is 0 Å². The van der Waals surface area contributed by atoms with Gasteiger partial charge in [-0.25, -0.2) is 0 Å². The lowest BCUT2D eigenvalue weighted by Crippen LogP contribution is -2.31. The van der Waals surface area contributed by atoms with Crippen molar-refractivity contribution in [2.45, 2.75) is 19.3 Å². The number of rotatable bonds is 4. The fourth-order valence-electron chi connectivity index (χ4n) is 2.47. The van der Waals surface area contributed by atoms with Gasteiger partial charge in [0, 0.05) is 13.1 Å². The topological polar surface area (TPSA) is 63.2 Å². The number of anilines is 3. The predicted molar refractivity (Wildman–Crippen MR) is 82.2 cm³/mol. The molecule has 1 aliphatic rings. The summed E-state index contributed by atoms with van der Waals surface area (Å²) in [5.41, 5.74) is 0.866. The third-order valence-corrected chi connectivity index (χ3v) is 3.56. The zero-order chi connectivity index (χ0) is 14.5. The molecule has 110 valence electrons. The van der Waals surface area contributed by atoms with E-state index in [1.54, 1.807) is 13.3 Å². The highest BCUT2D eigenvalue weighted by Gasteiger charge is 2.14. The minimum absolute atomic E-state index is 0.676. The second-order valence-electron chi connectivity index (χ2n) is 5.01. The number of benzene rings is 1. The molecule has 1 fully saturated rings. The van der Waals surface area contributed by atoms with Crippen LogP contribution in [0.3, 0.4) is 0 Å². The highest BCUT2D eigenvalue weighted by molar-refractivity contribution is 5.63. The summed E-state index contributed by atoms with van der Waals surface area (Å²) in [5, 5.41) is 11.4. The molecule has 0 spiro atoms. The first-order valence-corrected chi connectivity index (χ1v) is 7.21. The summed E-state index contributed by atoms with van der Waals surface area (Å²) >= 11 is 0. The van der Waals surface area contributed by atoms with E-state index in [1.807, 2.05) is 24.3 Å². The second kappa shape index (κ2) is 6.39. The molecule has 2 aromatic rings. The first-order chi connectivity index (χ1) is 10.4. The SMILES string of the molecule is COc1ccccc1Nc1cnnc(N2CCCCC2)n1. The lowest BCUT2D eigenvalue weighted by atomic mass is 10.1. The molecular weight excluding hydrogens is 266 g/mol. The first-order valence-electron chi connectivity index (χ1n) is 7.21. The van der Waals surface area contributed by atoms with Crippen LogP contribution < -0.4 is 15.0 Å². The Kier molecular flexibility index (Phi) is 4.14. The fraction of sp³-hybridized carbons (Fsp3) is 0.400. The molecule has 0 radical (unpaired) electrons. The zero-order valence-electron chi connectivity index (χ0n) is 12.1. The summed E-state index contributed by atoms with van der Waals surface area (Å²) in [6, 6.07) is 7.73. The van der Waals surface area contributed by atoms with E-state index >= 15 is 0 Å². The van der Waals surface area contributed by atoms with E-state index in [0.717, 1.165) is 24.5 Å². The molecule has 0 aliphatic carbocycles. The average molecular weight is 285 g/mol. The van der Waals surface area contributed by atoms with Crippen molar-refractivity contribution in [3.8, 4) is 5.75 Å². The molecule has 6 nitrogen and oxygen atoms in total. The maximum atomic E-state index is 5.33. The van der Waals surface area contributed by atoms with Crippen molar-refractivity contribution >= 4 is 17.5 Å². The molecule has 21 heavy (non-hydrogen) atoms. The van der Waals surface area contributed by atoms with E-state index in [4.69, 9.17) is 4.74 Å². The number of methoxy groups -OCH3 is 1. The summed E-state index contributed by atoms with van der Waals surface area (Å²) in [7, 11) is 1.65. The van der Waals surface area contributed by atoms with E-state index in [1.165, 1.54) is 19.3 Å². The maximum absolute atomic E-state index is 5.33. The van der Waals surface area contributed by atoms with Crippen molar-refractivity contribution in [3.63, 3.8) is 0 Å². The third-order valence-electron chi connectivity index (χ3n) is 3.56. The van der Waals surface area contributed by atoms with Gasteiger partial charge < -0.3 is 15.0 Å². The minimum atomic E-state index is 0.676. The van der Waals surface area contributed by atoms with Crippen LogP contribution in [-0.4, -0.2) is 35.4 Å². The average Bonchev–Trinajstić information content (AvgIpc) is 2.56. The Morgan fingerprint density at radius 3 is 2.76 bits per heavy atom. The molecule has 1 N–H and O–H groups in total. The van der Waals surface area contributed by atoms with E-state index in [2.05, 4.69) is 25.4 Å². The molecule has 0 saturated carbocycles. The molecule has 1 aromatic carbocycles. The molecule has 2 heterocycles. The van der Waals surface area contributed by atoms with Gasteiger partial charge in [0.15, 0.2) is 5.82 Å². The molecule has 1 saturated heterocycles. The highest BCUT2D eigenvalue weighted by Crippen LogP contribution is 2.26. The third kappa shape index (κ3) is 3.21. The number of nitrogens with one attached hydrogen (secondary N) is 1. The molecule has 0 bridgehead atoms. The van der Waals surface area contributed by atoms with Gasteiger partial charge in [-0.2, -0.15) is 10.1 Å². The fourth-order valence-corrected chi connectivity index (χ4v) is 2.47. The number of ether oxygens (including phenoxy) is 1. The van der Waals surface area contributed by atoms with Gasteiger partial charge in [0.1, 0.15) is 5.75 Å². The van der Waals surface area contributed by atoms with Crippen LogP contribution in [0.4, 0.5) is 17.5 Å². The molecule has 1 aliphatic heterocycles. The van der Waals surface area contributed by atoms with Gasteiger partial charge in [0.25, 0.3) is 0 Å². The largest absolute Gasteiger partial charge is 0.495 e. The van der Waals surface area contributed by atoms with E-state index in [-0.39, 0.29) is 0 Å². The normalized spacial score (nSPS) is 14.8. The lowest BCUT2D eigenvalue weighted by Gasteiger charge is -2.26. The Morgan fingerprint density at radius 1 is 1.14 bits per heavy atom. The van der Waals surface area contributed by atoms with Gasteiger partial charge in [-0.15, -0.1) is 5.10 Å². The minimum Gasteiger partial charge on any atom is -0.495 e. The van der Waals surface area contributed by atoms with Gasteiger partial charge in [-0.1, -0.05) is 12.1 Å². The maximum Gasteiger partial charge on any atom is 0.247 e. The summed E-state index contributed by atoms with van der Waals surface area (Å²) < 4.78 is 5.33.